The molecule has 1 aliphatic rings. The molecule has 2 unspecified atom stereocenters. The molecule has 66 valence electrons. The second-order valence-corrected chi connectivity index (χ2v) is 4.92. The van der Waals surface area contributed by atoms with Gasteiger partial charge in [0.15, 0.2) is 0 Å². The van der Waals surface area contributed by atoms with Crippen molar-refractivity contribution in [1.29, 1.82) is 0 Å². The lowest BCUT2D eigenvalue weighted by Gasteiger charge is -2.18. The fourth-order valence-corrected chi connectivity index (χ4v) is 1.98. The van der Waals surface area contributed by atoms with Crippen molar-refractivity contribution in [3.63, 3.8) is 0 Å². The molecule has 1 fully saturated rings. The smallest absolute Gasteiger partial charge is 0.0843 e. The summed E-state index contributed by atoms with van der Waals surface area (Å²) in [6.45, 7) is 0. The van der Waals surface area contributed by atoms with Gasteiger partial charge in [-0.25, -0.2) is 0 Å². The Kier molecular flexibility index (Phi) is 4.80. The maximum absolute atomic E-state index is 5.72. The van der Waals surface area contributed by atoms with Crippen LogP contribution in [0.1, 0.15) is 12.8 Å². The van der Waals surface area contributed by atoms with E-state index in [-0.39, 0.29) is 6.10 Å². The Morgan fingerprint density at radius 3 is 2.36 bits per heavy atom. The van der Waals surface area contributed by atoms with Crippen LogP contribution in [0.2, 0.25) is 0 Å². The number of rotatable bonds is 5. The van der Waals surface area contributed by atoms with Crippen molar-refractivity contribution in [1.82, 2.24) is 0 Å². The number of alkyl halides is 3. The first-order valence-electron chi connectivity index (χ1n) is 3.69. The summed E-state index contributed by atoms with van der Waals surface area (Å²) in [5, 5.41) is 0. The first-order chi connectivity index (χ1) is 5.27. The lowest BCUT2D eigenvalue weighted by atomic mass is 10.3. The van der Waals surface area contributed by atoms with Gasteiger partial charge in [-0.15, -0.1) is 23.2 Å². The quantitative estimate of drug-likeness (QED) is 0.560. The molecule has 0 radical (unpaired) electrons. The first kappa shape index (κ1) is 10.4. The summed E-state index contributed by atoms with van der Waals surface area (Å²) in [5.41, 5.74) is 0. The van der Waals surface area contributed by atoms with Crippen molar-refractivity contribution in [2.24, 2.45) is 0 Å². The van der Waals surface area contributed by atoms with E-state index in [9.17, 15) is 0 Å². The molecule has 11 heavy (non-hydrogen) atoms. The van der Waals surface area contributed by atoms with Crippen molar-refractivity contribution in [3.8, 4) is 0 Å². The van der Waals surface area contributed by atoms with Gasteiger partial charge in [0, 0.05) is 11.8 Å². The molecule has 0 aromatic carbocycles. The number of hydrogen-bond donors (Lipinski definition) is 0. The van der Waals surface area contributed by atoms with Crippen LogP contribution >= 0.6 is 45.8 Å². The largest absolute Gasteiger partial charge is 0.373 e. The van der Waals surface area contributed by atoms with E-state index in [0.29, 0.717) is 21.8 Å². The zero-order chi connectivity index (χ0) is 8.27. The van der Waals surface area contributed by atoms with E-state index in [0.717, 1.165) is 0 Å². The van der Waals surface area contributed by atoms with E-state index in [2.05, 4.69) is 22.6 Å². The topological polar surface area (TPSA) is 9.23 Å². The van der Waals surface area contributed by atoms with Gasteiger partial charge in [0.25, 0.3) is 0 Å². The molecule has 1 saturated carbocycles. The Hall–Kier alpha value is 1.27. The summed E-state index contributed by atoms with van der Waals surface area (Å²) in [6.07, 6.45) is 3.00. The van der Waals surface area contributed by atoms with E-state index in [1.54, 1.807) is 0 Å². The van der Waals surface area contributed by atoms with Crippen LogP contribution in [0.5, 0.6) is 0 Å². The van der Waals surface area contributed by atoms with Gasteiger partial charge in [0.2, 0.25) is 0 Å². The van der Waals surface area contributed by atoms with Gasteiger partial charge in [0.1, 0.15) is 0 Å². The molecule has 0 amide bonds. The van der Waals surface area contributed by atoms with Crippen LogP contribution in [0.4, 0.5) is 0 Å². The second kappa shape index (κ2) is 5.10. The molecule has 0 aliphatic heterocycles. The summed E-state index contributed by atoms with van der Waals surface area (Å²) >= 11 is 13.7. The Morgan fingerprint density at radius 2 is 2.00 bits per heavy atom. The van der Waals surface area contributed by atoms with E-state index >= 15 is 0 Å². The molecular formula is C7H11Cl2IO. The molecule has 1 rings (SSSR count). The Morgan fingerprint density at radius 1 is 1.36 bits per heavy atom. The van der Waals surface area contributed by atoms with Crippen LogP contribution in [-0.4, -0.2) is 27.9 Å². The lowest BCUT2D eigenvalue weighted by molar-refractivity contribution is 0.0592. The second-order valence-electron chi connectivity index (χ2n) is 2.70. The van der Waals surface area contributed by atoms with Gasteiger partial charge in [-0.05, 0) is 12.8 Å². The zero-order valence-electron chi connectivity index (χ0n) is 6.10. The Labute approximate surface area is 90.9 Å². The van der Waals surface area contributed by atoms with Crippen molar-refractivity contribution in [2.45, 2.75) is 29.0 Å². The minimum Gasteiger partial charge on any atom is -0.373 e. The number of halogens is 3. The lowest BCUT2D eigenvalue weighted by Crippen LogP contribution is -2.28. The molecule has 0 N–H and O–H groups in total. The van der Waals surface area contributed by atoms with Gasteiger partial charge in [0.05, 0.1) is 16.1 Å². The Bertz CT molecular complexity index is 119. The van der Waals surface area contributed by atoms with E-state index in [1.807, 2.05) is 0 Å². The molecule has 4 heteroatoms. The summed E-state index contributed by atoms with van der Waals surface area (Å²) < 4.78 is 5.98. The standard InChI is InChI=1S/C7H11Cl2IO/c8-3-6(10)7(4-9)11-5-1-2-5/h5-7H,1-4H2. The predicted molar refractivity (Wildman–Crippen MR) is 57.1 cm³/mol. The molecule has 0 aromatic rings. The van der Waals surface area contributed by atoms with Gasteiger partial charge >= 0.3 is 0 Å². The van der Waals surface area contributed by atoms with Crippen molar-refractivity contribution >= 4 is 45.8 Å². The highest BCUT2D eigenvalue weighted by Gasteiger charge is 2.28. The van der Waals surface area contributed by atoms with Crippen molar-refractivity contribution in [2.75, 3.05) is 11.8 Å². The summed E-state index contributed by atoms with van der Waals surface area (Å²) in [7, 11) is 0. The normalized spacial score (nSPS) is 23.2. The fourth-order valence-electron chi connectivity index (χ4n) is 0.769. The van der Waals surface area contributed by atoms with Gasteiger partial charge in [-0.3, -0.25) is 0 Å². The van der Waals surface area contributed by atoms with Crippen molar-refractivity contribution in [3.05, 3.63) is 0 Å². The third-order valence-electron chi connectivity index (χ3n) is 1.59. The molecule has 0 spiro atoms. The van der Waals surface area contributed by atoms with Crippen LogP contribution in [0.25, 0.3) is 0 Å². The van der Waals surface area contributed by atoms with Crippen LogP contribution < -0.4 is 0 Å². The summed E-state index contributed by atoms with van der Waals surface area (Å²) in [4.78, 5) is 0. The maximum Gasteiger partial charge on any atom is 0.0843 e. The monoisotopic (exact) mass is 308 g/mol. The fraction of sp³-hybridized carbons (Fsp3) is 1.00. The third kappa shape index (κ3) is 3.66. The SMILES string of the molecule is ClCC(I)C(CCl)OC1CC1. The molecule has 0 aromatic heterocycles. The number of ether oxygens (including phenoxy) is 1. The third-order valence-corrected chi connectivity index (χ3v) is 3.99. The molecule has 0 saturated heterocycles. The van der Waals surface area contributed by atoms with Gasteiger partial charge in [-0.2, -0.15) is 0 Å². The summed E-state index contributed by atoms with van der Waals surface area (Å²) in [5.74, 6) is 1.17. The van der Waals surface area contributed by atoms with Crippen LogP contribution in [-0.2, 0) is 4.74 Å². The van der Waals surface area contributed by atoms with Crippen LogP contribution in [0.3, 0.4) is 0 Å². The summed E-state index contributed by atoms with van der Waals surface area (Å²) in [6, 6.07) is 0. The molecule has 0 bridgehead atoms. The Balaban J connectivity index is 2.21. The maximum atomic E-state index is 5.72. The highest BCUT2D eigenvalue weighted by Crippen LogP contribution is 2.28. The van der Waals surface area contributed by atoms with E-state index in [1.165, 1.54) is 12.8 Å². The zero-order valence-corrected chi connectivity index (χ0v) is 9.77. The first-order valence-corrected chi connectivity index (χ1v) is 6.01. The predicted octanol–water partition coefficient (Wildman–Crippen LogP) is 2.82. The van der Waals surface area contributed by atoms with Crippen LogP contribution in [0.15, 0.2) is 0 Å². The van der Waals surface area contributed by atoms with E-state index in [4.69, 9.17) is 27.9 Å². The minimum atomic E-state index is 0.141. The average Bonchev–Trinajstić information content (AvgIpc) is 2.82. The average molecular weight is 309 g/mol. The molecule has 1 nitrogen and oxygen atoms in total. The van der Waals surface area contributed by atoms with Crippen molar-refractivity contribution < 1.29 is 4.74 Å². The highest BCUT2D eigenvalue weighted by atomic mass is 127. The molecular weight excluding hydrogens is 298 g/mol. The molecule has 1 aliphatic carbocycles. The molecule has 2 atom stereocenters. The molecule has 0 heterocycles. The number of hydrogen-bond acceptors (Lipinski definition) is 1. The van der Waals surface area contributed by atoms with Gasteiger partial charge in [-0.1, -0.05) is 22.6 Å². The van der Waals surface area contributed by atoms with Crippen LogP contribution in [0, 0.1) is 0 Å². The van der Waals surface area contributed by atoms with Gasteiger partial charge < -0.3 is 4.74 Å². The highest BCUT2D eigenvalue weighted by molar-refractivity contribution is 14.1. The minimum absolute atomic E-state index is 0.141. The van der Waals surface area contributed by atoms with E-state index < -0.39 is 0 Å².